The molecule has 0 aromatic heterocycles. The van der Waals surface area contributed by atoms with Crippen LogP contribution in [0.4, 0.5) is 11.4 Å². The maximum absolute atomic E-state index is 13.1. The molecule has 1 aliphatic heterocycles. The van der Waals surface area contributed by atoms with Gasteiger partial charge in [-0.25, -0.2) is 16.8 Å². The van der Waals surface area contributed by atoms with Crippen LogP contribution in [0.1, 0.15) is 49.0 Å². The lowest BCUT2D eigenvalue weighted by Gasteiger charge is -2.32. The smallest absolute Gasteiger partial charge is 0.255 e. The van der Waals surface area contributed by atoms with E-state index < -0.39 is 26.0 Å². The van der Waals surface area contributed by atoms with Crippen molar-refractivity contribution in [2.24, 2.45) is 0 Å². The quantitative estimate of drug-likeness (QED) is 0.630. The van der Waals surface area contributed by atoms with Gasteiger partial charge in [0.25, 0.3) is 5.91 Å². The Balaban J connectivity index is 1.79. The Morgan fingerprint density at radius 1 is 1.09 bits per heavy atom. The molecule has 1 aliphatic rings. The highest BCUT2D eigenvalue weighted by Crippen LogP contribution is 2.26. The minimum Gasteiger partial charge on any atom is -0.322 e. The molecule has 0 aliphatic carbocycles. The van der Waals surface area contributed by atoms with Gasteiger partial charge in [0.2, 0.25) is 20.0 Å². The average molecular weight is 480 g/mol. The third kappa shape index (κ3) is 5.48. The molecule has 0 saturated carbocycles. The lowest BCUT2D eigenvalue weighted by atomic mass is 10.1. The van der Waals surface area contributed by atoms with Gasteiger partial charge >= 0.3 is 0 Å². The predicted octanol–water partition coefficient (Wildman–Crippen LogP) is 3.57. The molecule has 8 nitrogen and oxygen atoms in total. The Kier molecular flexibility index (Phi) is 7.26. The summed E-state index contributed by atoms with van der Waals surface area (Å²) in [6.07, 6.45) is 2.66. The number of nitrogens with one attached hydrogen (secondary N) is 2. The molecule has 1 saturated heterocycles. The van der Waals surface area contributed by atoms with Crippen LogP contribution in [0, 0.1) is 6.92 Å². The maximum Gasteiger partial charge on any atom is 0.255 e. The Bertz CT molecular complexity index is 1210. The number of hydrogen-bond acceptors (Lipinski definition) is 5. The monoisotopic (exact) mass is 479 g/mol. The molecule has 0 bridgehead atoms. The van der Waals surface area contributed by atoms with Crippen molar-refractivity contribution in [2.45, 2.75) is 51.0 Å². The van der Waals surface area contributed by atoms with Crippen LogP contribution >= 0.6 is 0 Å². The van der Waals surface area contributed by atoms with Crippen molar-refractivity contribution in [1.82, 2.24) is 4.31 Å². The van der Waals surface area contributed by atoms with E-state index in [-0.39, 0.29) is 22.3 Å². The Labute approximate surface area is 190 Å². The average Bonchev–Trinajstić information content (AvgIpc) is 2.76. The number of nitrogens with zero attached hydrogens (tertiary/aromatic N) is 1. The fourth-order valence-electron chi connectivity index (χ4n) is 3.66. The third-order valence-corrected chi connectivity index (χ3v) is 8.88. The SMILES string of the molecule is CCS(=O)(=O)Nc1ccc(NC(=O)c2cccc(S(=O)(=O)N3CCCCC3C)c2)cc1C. The van der Waals surface area contributed by atoms with Crippen molar-refractivity contribution in [3.63, 3.8) is 0 Å². The van der Waals surface area contributed by atoms with Crippen LogP contribution < -0.4 is 10.0 Å². The first-order valence-electron chi connectivity index (χ1n) is 10.6. The van der Waals surface area contributed by atoms with Gasteiger partial charge in [-0.3, -0.25) is 9.52 Å². The molecule has 1 fully saturated rings. The topological polar surface area (TPSA) is 113 Å². The highest BCUT2D eigenvalue weighted by molar-refractivity contribution is 7.92. The molecule has 32 heavy (non-hydrogen) atoms. The normalized spacial score (nSPS) is 17.7. The van der Waals surface area contributed by atoms with Crippen molar-refractivity contribution in [1.29, 1.82) is 0 Å². The molecular formula is C22H29N3O5S2. The summed E-state index contributed by atoms with van der Waals surface area (Å²) >= 11 is 0. The van der Waals surface area contributed by atoms with Crippen molar-refractivity contribution >= 4 is 37.3 Å². The van der Waals surface area contributed by atoms with Gasteiger partial charge in [0.15, 0.2) is 0 Å². The molecule has 2 aromatic rings. The molecule has 3 rings (SSSR count). The van der Waals surface area contributed by atoms with Crippen LogP contribution in [0.2, 0.25) is 0 Å². The zero-order valence-electron chi connectivity index (χ0n) is 18.5. The molecule has 2 N–H and O–H groups in total. The van der Waals surface area contributed by atoms with Gasteiger partial charge in [-0.2, -0.15) is 4.31 Å². The molecule has 0 spiro atoms. The van der Waals surface area contributed by atoms with Crippen LogP contribution in [-0.4, -0.2) is 45.4 Å². The lowest BCUT2D eigenvalue weighted by molar-refractivity contribution is 0.102. The van der Waals surface area contributed by atoms with Gasteiger partial charge in [0.1, 0.15) is 0 Å². The number of carbonyl (C=O) groups is 1. The van der Waals surface area contributed by atoms with E-state index in [4.69, 9.17) is 0 Å². The van der Waals surface area contributed by atoms with Crippen LogP contribution in [0.25, 0.3) is 0 Å². The van der Waals surface area contributed by atoms with Crippen molar-refractivity contribution < 1.29 is 21.6 Å². The predicted molar refractivity (Wildman–Crippen MR) is 126 cm³/mol. The summed E-state index contributed by atoms with van der Waals surface area (Å²) in [6.45, 7) is 5.66. The number of anilines is 2. The number of piperidine rings is 1. The highest BCUT2D eigenvalue weighted by atomic mass is 32.2. The largest absolute Gasteiger partial charge is 0.322 e. The molecule has 174 valence electrons. The van der Waals surface area contributed by atoms with E-state index in [2.05, 4.69) is 10.0 Å². The Morgan fingerprint density at radius 3 is 2.50 bits per heavy atom. The Hall–Kier alpha value is -2.43. The summed E-state index contributed by atoms with van der Waals surface area (Å²) < 4.78 is 53.7. The summed E-state index contributed by atoms with van der Waals surface area (Å²) in [5, 5.41) is 2.75. The van der Waals surface area contributed by atoms with Gasteiger partial charge in [0.05, 0.1) is 16.3 Å². The minimum absolute atomic E-state index is 0.0413. The summed E-state index contributed by atoms with van der Waals surface area (Å²) in [5.74, 6) is -0.490. The number of sulfonamides is 2. The summed E-state index contributed by atoms with van der Waals surface area (Å²) in [7, 11) is -7.09. The number of aryl methyl sites for hydroxylation is 1. The standard InChI is InChI=1S/C22H29N3O5S2/c1-4-31(27,28)24-21-12-11-19(14-16(21)2)23-22(26)18-9-7-10-20(15-18)32(29,30)25-13-6-5-8-17(25)3/h7,9-12,14-15,17,24H,4-6,8,13H2,1-3H3,(H,23,26). The minimum atomic E-state index is -3.68. The van der Waals surface area contributed by atoms with Gasteiger partial charge in [0, 0.05) is 23.8 Å². The van der Waals surface area contributed by atoms with E-state index in [1.54, 1.807) is 44.2 Å². The number of benzene rings is 2. The maximum atomic E-state index is 13.1. The number of amides is 1. The first-order chi connectivity index (χ1) is 15.0. The van der Waals surface area contributed by atoms with Gasteiger partial charge in [-0.1, -0.05) is 12.5 Å². The number of hydrogen-bond donors (Lipinski definition) is 2. The fraction of sp³-hybridized carbons (Fsp3) is 0.409. The first-order valence-corrected chi connectivity index (χ1v) is 13.7. The number of rotatable bonds is 7. The second-order valence-corrected chi connectivity index (χ2v) is 11.9. The molecule has 10 heteroatoms. The molecule has 2 aromatic carbocycles. The molecule has 0 radical (unpaired) electrons. The lowest BCUT2D eigenvalue weighted by Crippen LogP contribution is -2.41. The van der Waals surface area contributed by atoms with Crippen LogP contribution in [0.5, 0.6) is 0 Å². The third-order valence-electron chi connectivity index (χ3n) is 5.57. The van der Waals surface area contributed by atoms with Gasteiger partial charge in [-0.05, 0) is 75.6 Å². The zero-order valence-corrected chi connectivity index (χ0v) is 20.1. The zero-order chi connectivity index (χ0) is 23.5. The molecule has 1 unspecified atom stereocenters. The highest BCUT2D eigenvalue weighted by Gasteiger charge is 2.31. The van der Waals surface area contributed by atoms with Gasteiger partial charge < -0.3 is 5.32 Å². The van der Waals surface area contributed by atoms with Crippen molar-refractivity contribution in [2.75, 3.05) is 22.3 Å². The first kappa shape index (κ1) is 24.2. The number of carbonyl (C=O) groups excluding carboxylic acids is 1. The molecule has 1 atom stereocenters. The summed E-state index contributed by atoms with van der Waals surface area (Å²) in [4.78, 5) is 12.9. The van der Waals surface area contributed by atoms with Crippen molar-refractivity contribution in [3.8, 4) is 0 Å². The fourth-order valence-corrected chi connectivity index (χ4v) is 6.12. The van der Waals surface area contributed by atoms with E-state index in [1.165, 1.54) is 16.4 Å². The van der Waals surface area contributed by atoms with E-state index in [9.17, 15) is 21.6 Å². The second-order valence-electron chi connectivity index (χ2n) is 7.98. The molecular weight excluding hydrogens is 450 g/mol. The molecule has 1 heterocycles. The van der Waals surface area contributed by atoms with E-state index in [1.807, 2.05) is 6.92 Å². The van der Waals surface area contributed by atoms with E-state index in [0.29, 0.717) is 23.5 Å². The van der Waals surface area contributed by atoms with E-state index in [0.717, 1.165) is 19.3 Å². The summed E-state index contributed by atoms with van der Waals surface area (Å²) in [6, 6.07) is 10.8. The van der Waals surface area contributed by atoms with Gasteiger partial charge in [-0.15, -0.1) is 0 Å². The summed E-state index contributed by atoms with van der Waals surface area (Å²) in [5.41, 5.74) is 1.79. The van der Waals surface area contributed by atoms with Crippen LogP contribution in [0.15, 0.2) is 47.4 Å². The molecule has 1 amide bonds. The van der Waals surface area contributed by atoms with Crippen LogP contribution in [-0.2, 0) is 20.0 Å². The Morgan fingerprint density at radius 2 is 1.84 bits per heavy atom. The van der Waals surface area contributed by atoms with E-state index >= 15 is 0 Å². The van der Waals surface area contributed by atoms with Crippen LogP contribution in [0.3, 0.4) is 0 Å². The van der Waals surface area contributed by atoms with Crippen molar-refractivity contribution in [3.05, 3.63) is 53.6 Å². The second kappa shape index (κ2) is 9.60.